The van der Waals surface area contributed by atoms with Crippen LogP contribution in [0.3, 0.4) is 0 Å². The lowest BCUT2D eigenvalue weighted by Crippen LogP contribution is -2.33. The summed E-state index contributed by atoms with van der Waals surface area (Å²) in [5, 5.41) is 0.512. The van der Waals surface area contributed by atoms with Gasteiger partial charge in [-0.15, -0.1) is 0 Å². The number of nitrogens with zero attached hydrogens (tertiary/aromatic N) is 2. The van der Waals surface area contributed by atoms with Gasteiger partial charge in [0, 0.05) is 19.8 Å². The zero-order valence-corrected chi connectivity index (χ0v) is 11.5. The number of hydrogen-bond acceptors (Lipinski definition) is 3. The average Bonchev–Trinajstić information content (AvgIpc) is 2.69. The van der Waals surface area contributed by atoms with E-state index in [0.717, 1.165) is 6.42 Å². The number of aromatic nitrogens is 1. The van der Waals surface area contributed by atoms with Crippen molar-refractivity contribution in [1.29, 1.82) is 0 Å². The van der Waals surface area contributed by atoms with Crippen LogP contribution >= 0.6 is 11.6 Å². The van der Waals surface area contributed by atoms with Crippen molar-refractivity contribution < 1.29 is 14.3 Å². The Morgan fingerprint density at radius 2 is 2.17 bits per heavy atom. The Morgan fingerprint density at radius 3 is 2.72 bits per heavy atom. The lowest BCUT2D eigenvalue weighted by atomic mass is 10.3. The van der Waals surface area contributed by atoms with Crippen molar-refractivity contribution in [2.24, 2.45) is 0 Å². The minimum Gasteiger partial charge on any atom is -0.468 e. The maximum atomic E-state index is 12.1. The van der Waals surface area contributed by atoms with Crippen molar-refractivity contribution in [3.05, 3.63) is 23.0 Å². The van der Waals surface area contributed by atoms with E-state index >= 15 is 0 Å². The molecule has 1 heterocycles. The molecule has 0 radical (unpaired) electrons. The minimum absolute atomic E-state index is 0.0791. The van der Waals surface area contributed by atoms with Gasteiger partial charge in [-0.3, -0.25) is 9.59 Å². The van der Waals surface area contributed by atoms with Crippen molar-refractivity contribution in [2.75, 3.05) is 20.7 Å². The summed E-state index contributed by atoms with van der Waals surface area (Å²) in [7, 11) is 2.84. The molecule has 100 valence electrons. The SMILES string of the molecule is CCCn1cc(Cl)cc1C(=O)N(C)CC(=O)OC. The predicted octanol–water partition coefficient (Wildman–Crippen LogP) is 1.80. The van der Waals surface area contributed by atoms with Crippen LogP contribution < -0.4 is 0 Å². The molecule has 0 aliphatic carbocycles. The first-order chi connectivity index (χ1) is 8.49. The van der Waals surface area contributed by atoms with E-state index < -0.39 is 5.97 Å². The molecule has 1 aromatic rings. The molecule has 0 unspecified atom stereocenters. The molecule has 1 rings (SSSR count). The Morgan fingerprint density at radius 1 is 1.50 bits per heavy atom. The minimum atomic E-state index is -0.453. The molecule has 0 aliphatic heterocycles. The summed E-state index contributed by atoms with van der Waals surface area (Å²) in [6.45, 7) is 2.64. The van der Waals surface area contributed by atoms with E-state index in [2.05, 4.69) is 4.74 Å². The highest BCUT2D eigenvalue weighted by Crippen LogP contribution is 2.16. The average molecular weight is 273 g/mol. The van der Waals surface area contributed by atoms with Gasteiger partial charge in [0.15, 0.2) is 0 Å². The van der Waals surface area contributed by atoms with Crippen LogP contribution in [0, 0.1) is 0 Å². The van der Waals surface area contributed by atoms with E-state index in [-0.39, 0.29) is 12.5 Å². The monoisotopic (exact) mass is 272 g/mol. The van der Waals surface area contributed by atoms with Gasteiger partial charge in [0.25, 0.3) is 5.91 Å². The van der Waals surface area contributed by atoms with Gasteiger partial charge >= 0.3 is 5.97 Å². The highest BCUT2D eigenvalue weighted by atomic mass is 35.5. The second kappa shape index (κ2) is 6.44. The molecule has 0 atom stereocenters. The highest BCUT2D eigenvalue weighted by Gasteiger charge is 2.19. The number of amides is 1. The number of ether oxygens (including phenoxy) is 1. The molecular weight excluding hydrogens is 256 g/mol. The van der Waals surface area contributed by atoms with Gasteiger partial charge in [0.2, 0.25) is 0 Å². The molecule has 6 heteroatoms. The van der Waals surface area contributed by atoms with Crippen LogP contribution in [0.15, 0.2) is 12.3 Å². The number of hydrogen-bond donors (Lipinski definition) is 0. The Bertz CT molecular complexity index is 443. The van der Waals surface area contributed by atoms with E-state index in [1.165, 1.54) is 12.0 Å². The second-order valence-electron chi connectivity index (χ2n) is 3.97. The van der Waals surface area contributed by atoms with E-state index in [4.69, 9.17) is 11.6 Å². The molecule has 0 fully saturated rings. The molecule has 0 aliphatic rings. The summed E-state index contributed by atoms with van der Waals surface area (Å²) < 4.78 is 6.31. The normalized spacial score (nSPS) is 10.2. The third kappa shape index (κ3) is 3.50. The molecular formula is C12H17ClN2O3. The van der Waals surface area contributed by atoms with E-state index in [0.29, 0.717) is 17.3 Å². The highest BCUT2D eigenvalue weighted by molar-refractivity contribution is 6.31. The second-order valence-corrected chi connectivity index (χ2v) is 4.41. The first kappa shape index (κ1) is 14.6. The zero-order valence-electron chi connectivity index (χ0n) is 10.8. The topological polar surface area (TPSA) is 51.5 Å². The summed E-state index contributed by atoms with van der Waals surface area (Å²) >= 11 is 5.90. The summed E-state index contributed by atoms with van der Waals surface area (Å²) in [5.41, 5.74) is 0.480. The van der Waals surface area contributed by atoms with Crippen LogP contribution in [0.2, 0.25) is 5.02 Å². The third-order valence-corrected chi connectivity index (χ3v) is 2.69. The summed E-state index contributed by atoms with van der Waals surface area (Å²) in [4.78, 5) is 24.6. The summed E-state index contributed by atoms with van der Waals surface area (Å²) in [6.07, 6.45) is 2.61. The molecule has 1 amide bonds. The lowest BCUT2D eigenvalue weighted by molar-refractivity contribution is -0.141. The van der Waals surface area contributed by atoms with Crippen LogP contribution in [0.4, 0.5) is 0 Å². The molecule has 0 saturated heterocycles. The molecule has 1 aromatic heterocycles. The molecule has 0 spiro atoms. The van der Waals surface area contributed by atoms with E-state index in [1.807, 2.05) is 6.92 Å². The first-order valence-electron chi connectivity index (χ1n) is 5.67. The van der Waals surface area contributed by atoms with Gasteiger partial charge in [0.1, 0.15) is 12.2 Å². The first-order valence-corrected chi connectivity index (χ1v) is 6.05. The van der Waals surface area contributed by atoms with Crippen LogP contribution in [0.25, 0.3) is 0 Å². The zero-order chi connectivity index (χ0) is 13.7. The quantitative estimate of drug-likeness (QED) is 0.768. The van der Waals surface area contributed by atoms with E-state index in [1.54, 1.807) is 23.9 Å². The number of aryl methyl sites for hydroxylation is 1. The van der Waals surface area contributed by atoms with Crippen LogP contribution in [-0.2, 0) is 16.1 Å². The van der Waals surface area contributed by atoms with Gasteiger partial charge in [-0.1, -0.05) is 18.5 Å². The number of carbonyl (C=O) groups is 2. The predicted molar refractivity (Wildman–Crippen MR) is 68.7 cm³/mol. The van der Waals surface area contributed by atoms with Gasteiger partial charge in [0.05, 0.1) is 12.1 Å². The third-order valence-electron chi connectivity index (χ3n) is 2.49. The largest absolute Gasteiger partial charge is 0.468 e. The maximum Gasteiger partial charge on any atom is 0.325 e. The molecule has 0 saturated carbocycles. The number of methoxy groups -OCH3 is 1. The van der Waals surface area contributed by atoms with E-state index in [9.17, 15) is 9.59 Å². The Kier molecular flexibility index (Phi) is 5.22. The smallest absolute Gasteiger partial charge is 0.325 e. The fourth-order valence-electron chi connectivity index (χ4n) is 1.61. The molecule has 5 nitrogen and oxygen atoms in total. The standard InChI is InChI=1S/C12H17ClN2O3/c1-4-5-15-7-9(13)6-10(15)12(17)14(2)8-11(16)18-3/h6-7H,4-5,8H2,1-3H3. The Balaban J connectivity index is 2.85. The van der Waals surface area contributed by atoms with Crippen LogP contribution in [0.1, 0.15) is 23.8 Å². The maximum absolute atomic E-state index is 12.1. The molecule has 18 heavy (non-hydrogen) atoms. The van der Waals surface area contributed by atoms with Gasteiger partial charge < -0.3 is 14.2 Å². The summed E-state index contributed by atoms with van der Waals surface area (Å²) in [5.74, 6) is -0.703. The summed E-state index contributed by atoms with van der Waals surface area (Å²) in [6, 6.07) is 1.60. The van der Waals surface area contributed by atoms with Crippen LogP contribution in [-0.4, -0.2) is 42.0 Å². The molecule has 0 N–H and O–H groups in total. The van der Waals surface area contributed by atoms with Crippen molar-refractivity contribution in [3.63, 3.8) is 0 Å². The number of esters is 1. The molecule has 0 bridgehead atoms. The lowest BCUT2D eigenvalue weighted by Gasteiger charge is -2.16. The fourth-order valence-corrected chi connectivity index (χ4v) is 1.83. The number of carbonyl (C=O) groups excluding carboxylic acids is 2. The van der Waals surface area contributed by atoms with Crippen LogP contribution in [0.5, 0.6) is 0 Å². The number of rotatable bonds is 5. The van der Waals surface area contributed by atoms with Gasteiger partial charge in [-0.2, -0.15) is 0 Å². The van der Waals surface area contributed by atoms with Gasteiger partial charge in [-0.25, -0.2) is 0 Å². The van der Waals surface area contributed by atoms with Crippen molar-refractivity contribution in [3.8, 4) is 0 Å². The number of likely N-dealkylation sites (N-methyl/N-ethyl adjacent to an activating group) is 1. The van der Waals surface area contributed by atoms with Crippen molar-refractivity contribution >= 4 is 23.5 Å². The Hall–Kier alpha value is -1.49. The van der Waals surface area contributed by atoms with Crippen molar-refractivity contribution in [1.82, 2.24) is 9.47 Å². The Labute approximate surface area is 111 Å². The van der Waals surface area contributed by atoms with Crippen molar-refractivity contribution in [2.45, 2.75) is 19.9 Å². The molecule has 0 aromatic carbocycles. The number of halogens is 1. The van der Waals surface area contributed by atoms with Gasteiger partial charge in [-0.05, 0) is 12.5 Å². The fraction of sp³-hybridized carbons (Fsp3) is 0.500.